The van der Waals surface area contributed by atoms with Crippen LogP contribution in [0.4, 0.5) is 4.79 Å². The molecule has 0 aliphatic carbocycles. The SMILES string of the molecule is CC(C)(C)OC(=O)N1CC(NCC2CCSC2)C1. The molecule has 0 aromatic rings. The predicted molar refractivity (Wildman–Crippen MR) is 75.0 cm³/mol. The van der Waals surface area contributed by atoms with Gasteiger partial charge < -0.3 is 15.0 Å². The summed E-state index contributed by atoms with van der Waals surface area (Å²) in [6.07, 6.45) is 1.15. The molecule has 0 radical (unpaired) electrons. The maximum Gasteiger partial charge on any atom is 0.410 e. The van der Waals surface area contributed by atoms with Crippen LogP contribution in [0.3, 0.4) is 0 Å². The standard InChI is InChI=1S/C13H24N2O2S/c1-13(2,3)17-12(16)15-7-11(8-15)14-6-10-4-5-18-9-10/h10-11,14H,4-9H2,1-3H3. The lowest BCUT2D eigenvalue weighted by Gasteiger charge is -2.40. The molecule has 2 aliphatic heterocycles. The monoisotopic (exact) mass is 272 g/mol. The number of ether oxygens (including phenoxy) is 1. The largest absolute Gasteiger partial charge is 0.444 e. The van der Waals surface area contributed by atoms with Gasteiger partial charge in [-0.25, -0.2) is 4.79 Å². The van der Waals surface area contributed by atoms with Gasteiger partial charge in [-0.2, -0.15) is 11.8 Å². The van der Waals surface area contributed by atoms with E-state index in [4.69, 9.17) is 4.74 Å². The molecular weight excluding hydrogens is 248 g/mol. The number of hydrogen-bond donors (Lipinski definition) is 1. The zero-order valence-electron chi connectivity index (χ0n) is 11.6. The van der Waals surface area contributed by atoms with Crippen molar-refractivity contribution in [3.8, 4) is 0 Å². The third kappa shape index (κ3) is 4.05. The van der Waals surface area contributed by atoms with E-state index < -0.39 is 5.60 Å². The van der Waals surface area contributed by atoms with E-state index in [1.807, 2.05) is 32.5 Å². The van der Waals surface area contributed by atoms with Gasteiger partial charge in [-0.05, 0) is 51.2 Å². The highest BCUT2D eigenvalue weighted by Crippen LogP contribution is 2.23. The summed E-state index contributed by atoms with van der Waals surface area (Å²) in [6, 6.07) is 0.461. The van der Waals surface area contributed by atoms with Crippen LogP contribution in [0.15, 0.2) is 0 Å². The van der Waals surface area contributed by atoms with Crippen LogP contribution in [0.1, 0.15) is 27.2 Å². The van der Waals surface area contributed by atoms with Crippen LogP contribution in [0.25, 0.3) is 0 Å². The second kappa shape index (κ2) is 5.70. The first-order chi connectivity index (χ1) is 8.44. The van der Waals surface area contributed by atoms with Gasteiger partial charge in [0.25, 0.3) is 0 Å². The van der Waals surface area contributed by atoms with Crippen LogP contribution in [0, 0.1) is 5.92 Å². The first-order valence-corrected chi connectivity index (χ1v) is 7.88. The zero-order chi connectivity index (χ0) is 13.2. The Kier molecular flexibility index (Phi) is 4.43. The molecule has 2 fully saturated rings. The third-order valence-corrected chi connectivity index (χ3v) is 4.48. The molecule has 0 aromatic heterocycles. The van der Waals surface area contributed by atoms with Gasteiger partial charge in [0.1, 0.15) is 5.60 Å². The van der Waals surface area contributed by atoms with Crippen LogP contribution < -0.4 is 5.32 Å². The molecule has 0 aromatic carbocycles. The van der Waals surface area contributed by atoms with Crippen LogP contribution in [-0.4, -0.2) is 53.8 Å². The number of rotatable bonds is 3. The summed E-state index contributed by atoms with van der Waals surface area (Å²) in [4.78, 5) is 13.5. The van der Waals surface area contributed by atoms with E-state index in [-0.39, 0.29) is 6.09 Å². The number of likely N-dealkylation sites (tertiary alicyclic amines) is 1. The van der Waals surface area contributed by atoms with Crippen molar-refractivity contribution in [3.63, 3.8) is 0 Å². The third-order valence-electron chi connectivity index (χ3n) is 3.25. The molecule has 0 saturated carbocycles. The molecule has 1 unspecified atom stereocenters. The fourth-order valence-electron chi connectivity index (χ4n) is 2.16. The minimum absolute atomic E-state index is 0.183. The number of nitrogens with zero attached hydrogens (tertiary/aromatic N) is 1. The van der Waals surface area contributed by atoms with Crippen molar-refractivity contribution in [2.24, 2.45) is 5.92 Å². The average molecular weight is 272 g/mol. The average Bonchev–Trinajstić information content (AvgIpc) is 2.64. The van der Waals surface area contributed by atoms with Crippen molar-refractivity contribution in [1.82, 2.24) is 10.2 Å². The van der Waals surface area contributed by atoms with Crippen LogP contribution in [-0.2, 0) is 4.74 Å². The first-order valence-electron chi connectivity index (χ1n) is 6.73. The van der Waals surface area contributed by atoms with Crippen molar-refractivity contribution < 1.29 is 9.53 Å². The van der Waals surface area contributed by atoms with Crippen molar-refractivity contribution in [1.29, 1.82) is 0 Å². The van der Waals surface area contributed by atoms with E-state index >= 15 is 0 Å². The van der Waals surface area contributed by atoms with Gasteiger partial charge in [0, 0.05) is 19.1 Å². The first kappa shape index (κ1) is 14.0. The molecule has 0 spiro atoms. The van der Waals surface area contributed by atoms with Crippen LogP contribution in [0.2, 0.25) is 0 Å². The fourth-order valence-corrected chi connectivity index (χ4v) is 3.45. The molecule has 1 N–H and O–H groups in total. The Morgan fingerprint density at radius 1 is 1.44 bits per heavy atom. The van der Waals surface area contributed by atoms with Gasteiger partial charge in [-0.3, -0.25) is 0 Å². The molecule has 5 heteroatoms. The second-order valence-corrected chi connectivity index (χ2v) is 7.37. The van der Waals surface area contributed by atoms with Crippen molar-refractivity contribution in [2.45, 2.75) is 38.8 Å². The number of carbonyl (C=O) groups excluding carboxylic acids is 1. The molecular formula is C13H24N2O2S. The second-order valence-electron chi connectivity index (χ2n) is 6.22. The lowest BCUT2D eigenvalue weighted by Crippen LogP contribution is -2.61. The predicted octanol–water partition coefficient (Wildman–Crippen LogP) is 1.95. The highest BCUT2D eigenvalue weighted by molar-refractivity contribution is 7.99. The van der Waals surface area contributed by atoms with Crippen molar-refractivity contribution in [2.75, 3.05) is 31.1 Å². The van der Waals surface area contributed by atoms with Crippen LogP contribution in [0.5, 0.6) is 0 Å². The van der Waals surface area contributed by atoms with E-state index in [1.165, 1.54) is 17.9 Å². The smallest absolute Gasteiger partial charge is 0.410 e. The highest BCUT2D eigenvalue weighted by atomic mass is 32.2. The Morgan fingerprint density at radius 2 is 2.17 bits per heavy atom. The molecule has 1 amide bonds. The lowest BCUT2D eigenvalue weighted by atomic mass is 10.1. The van der Waals surface area contributed by atoms with Gasteiger partial charge in [-0.15, -0.1) is 0 Å². The van der Waals surface area contributed by atoms with E-state index in [2.05, 4.69) is 5.32 Å². The number of nitrogens with one attached hydrogen (secondary N) is 1. The zero-order valence-corrected chi connectivity index (χ0v) is 12.4. The Balaban J connectivity index is 1.60. The van der Waals surface area contributed by atoms with Gasteiger partial charge in [0.2, 0.25) is 0 Å². The normalized spacial score (nSPS) is 25.1. The van der Waals surface area contributed by atoms with E-state index in [0.29, 0.717) is 6.04 Å². The molecule has 2 saturated heterocycles. The number of thioether (sulfide) groups is 1. The van der Waals surface area contributed by atoms with Gasteiger partial charge in [-0.1, -0.05) is 0 Å². The summed E-state index contributed by atoms with van der Waals surface area (Å²) in [7, 11) is 0. The van der Waals surface area contributed by atoms with Crippen molar-refractivity contribution in [3.05, 3.63) is 0 Å². The number of amides is 1. The Labute approximate surface area is 114 Å². The molecule has 2 rings (SSSR count). The number of hydrogen-bond acceptors (Lipinski definition) is 4. The summed E-state index contributed by atoms with van der Waals surface area (Å²) in [5.41, 5.74) is -0.392. The summed E-state index contributed by atoms with van der Waals surface area (Å²) >= 11 is 2.05. The Hall–Kier alpha value is -0.420. The summed E-state index contributed by atoms with van der Waals surface area (Å²) in [5, 5.41) is 3.55. The van der Waals surface area contributed by atoms with Crippen LogP contribution >= 0.6 is 11.8 Å². The topological polar surface area (TPSA) is 41.6 Å². The summed E-state index contributed by atoms with van der Waals surface area (Å²) in [6.45, 7) is 8.37. The molecule has 4 nitrogen and oxygen atoms in total. The number of carbonyl (C=O) groups is 1. The Morgan fingerprint density at radius 3 is 2.72 bits per heavy atom. The molecule has 2 aliphatic rings. The lowest BCUT2D eigenvalue weighted by molar-refractivity contribution is 0.00510. The fraction of sp³-hybridized carbons (Fsp3) is 0.923. The van der Waals surface area contributed by atoms with E-state index in [1.54, 1.807) is 4.90 Å². The molecule has 2 heterocycles. The minimum atomic E-state index is -0.392. The molecule has 104 valence electrons. The molecule has 1 atom stereocenters. The quantitative estimate of drug-likeness (QED) is 0.852. The highest BCUT2D eigenvalue weighted by Gasteiger charge is 2.33. The van der Waals surface area contributed by atoms with E-state index in [9.17, 15) is 4.79 Å². The van der Waals surface area contributed by atoms with Crippen molar-refractivity contribution >= 4 is 17.9 Å². The van der Waals surface area contributed by atoms with Gasteiger partial charge in [0.15, 0.2) is 0 Å². The maximum atomic E-state index is 11.7. The molecule has 18 heavy (non-hydrogen) atoms. The summed E-state index contributed by atoms with van der Waals surface area (Å²) < 4.78 is 5.32. The Bertz CT molecular complexity index is 292. The van der Waals surface area contributed by atoms with Gasteiger partial charge in [0.05, 0.1) is 0 Å². The van der Waals surface area contributed by atoms with E-state index in [0.717, 1.165) is 25.6 Å². The maximum absolute atomic E-state index is 11.7. The van der Waals surface area contributed by atoms with Gasteiger partial charge >= 0.3 is 6.09 Å². The summed E-state index contributed by atoms with van der Waals surface area (Å²) in [5.74, 6) is 3.42. The molecule has 0 bridgehead atoms. The minimum Gasteiger partial charge on any atom is -0.444 e.